The molecular formula is C13H15FO4. The van der Waals surface area contributed by atoms with Crippen molar-refractivity contribution in [3.63, 3.8) is 0 Å². The molecular weight excluding hydrogens is 239 g/mol. The van der Waals surface area contributed by atoms with Gasteiger partial charge < -0.3 is 14.2 Å². The molecule has 4 nitrogen and oxygen atoms in total. The Balaban J connectivity index is 1.96. The molecule has 1 saturated heterocycles. The standard InChI is InChI=1S/C13H15FO4/c1-13(2)17-8-10(18-13)7-16-12-5-9(6-15)3-4-11(12)14/h3-6,10H,7-8H2,1-2H3. The highest BCUT2D eigenvalue weighted by atomic mass is 19.1. The van der Waals surface area contributed by atoms with Crippen LogP contribution in [0, 0.1) is 5.82 Å². The number of hydrogen-bond acceptors (Lipinski definition) is 4. The van der Waals surface area contributed by atoms with Crippen LogP contribution < -0.4 is 4.74 Å². The van der Waals surface area contributed by atoms with E-state index in [-0.39, 0.29) is 18.5 Å². The van der Waals surface area contributed by atoms with Crippen LogP contribution in [0.15, 0.2) is 18.2 Å². The second-order valence-corrected chi connectivity index (χ2v) is 4.57. The van der Waals surface area contributed by atoms with Crippen LogP contribution in [-0.4, -0.2) is 31.4 Å². The minimum absolute atomic E-state index is 0.0490. The first-order chi connectivity index (χ1) is 8.50. The zero-order valence-corrected chi connectivity index (χ0v) is 10.3. The van der Waals surface area contributed by atoms with Crippen molar-refractivity contribution in [3.8, 4) is 5.75 Å². The van der Waals surface area contributed by atoms with Crippen LogP contribution in [0.3, 0.4) is 0 Å². The van der Waals surface area contributed by atoms with Crippen molar-refractivity contribution in [3.05, 3.63) is 29.6 Å². The van der Waals surface area contributed by atoms with Gasteiger partial charge in [0.1, 0.15) is 19.0 Å². The summed E-state index contributed by atoms with van der Waals surface area (Å²) < 4.78 is 29.6. The van der Waals surface area contributed by atoms with Crippen LogP contribution in [0.25, 0.3) is 0 Å². The number of hydrogen-bond donors (Lipinski definition) is 0. The topological polar surface area (TPSA) is 44.8 Å². The van der Waals surface area contributed by atoms with Gasteiger partial charge in [0, 0.05) is 5.56 Å². The molecule has 5 heteroatoms. The van der Waals surface area contributed by atoms with E-state index in [0.717, 1.165) is 0 Å². The van der Waals surface area contributed by atoms with Crippen molar-refractivity contribution in [2.24, 2.45) is 0 Å². The van der Waals surface area contributed by atoms with Crippen molar-refractivity contribution in [2.75, 3.05) is 13.2 Å². The fourth-order valence-electron chi connectivity index (χ4n) is 1.73. The molecule has 1 aromatic rings. The van der Waals surface area contributed by atoms with Crippen LogP contribution in [0.2, 0.25) is 0 Å². The Bertz CT molecular complexity index is 445. The van der Waals surface area contributed by atoms with Crippen LogP contribution in [0.4, 0.5) is 4.39 Å². The number of ether oxygens (including phenoxy) is 3. The first-order valence-corrected chi connectivity index (χ1v) is 5.69. The number of rotatable bonds is 4. The van der Waals surface area contributed by atoms with Crippen LogP contribution >= 0.6 is 0 Å². The van der Waals surface area contributed by atoms with Crippen LogP contribution in [0.1, 0.15) is 24.2 Å². The average Bonchev–Trinajstić information content (AvgIpc) is 2.68. The van der Waals surface area contributed by atoms with E-state index in [1.54, 1.807) is 13.8 Å². The lowest BCUT2D eigenvalue weighted by atomic mass is 10.2. The normalized spacial score (nSPS) is 21.8. The molecule has 0 N–H and O–H groups in total. The molecule has 1 aliphatic heterocycles. The van der Waals surface area contributed by atoms with Crippen molar-refractivity contribution < 1.29 is 23.4 Å². The van der Waals surface area contributed by atoms with Crippen molar-refractivity contribution in [1.29, 1.82) is 0 Å². The second-order valence-electron chi connectivity index (χ2n) is 4.57. The zero-order valence-electron chi connectivity index (χ0n) is 10.3. The third-order valence-corrected chi connectivity index (χ3v) is 2.58. The fraction of sp³-hybridized carbons (Fsp3) is 0.462. The molecule has 1 fully saturated rings. The molecule has 0 radical (unpaired) electrons. The van der Waals surface area contributed by atoms with Gasteiger partial charge in [-0.05, 0) is 32.0 Å². The maximum Gasteiger partial charge on any atom is 0.165 e. The van der Waals surface area contributed by atoms with Gasteiger partial charge >= 0.3 is 0 Å². The van der Waals surface area contributed by atoms with Crippen molar-refractivity contribution in [2.45, 2.75) is 25.7 Å². The summed E-state index contributed by atoms with van der Waals surface area (Å²) in [5, 5.41) is 0. The van der Waals surface area contributed by atoms with E-state index in [1.807, 2.05) is 0 Å². The van der Waals surface area contributed by atoms with Gasteiger partial charge in [0.2, 0.25) is 0 Å². The van der Waals surface area contributed by atoms with Gasteiger partial charge in [-0.15, -0.1) is 0 Å². The van der Waals surface area contributed by atoms with E-state index in [2.05, 4.69) is 0 Å². The minimum Gasteiger partial charge on any atom is -0.488 e. The van der Waals surface area contributed by atoms with Gasteiger partial charge in [0.25, 0.3) is 0 Å². The summed E-state index contributed by atoms with van der Waals surface area (Å²) in [7, 11) is 0. The van der Waals surface area contributed by atoms with E-state index >= 15 is 0 Å². The van der Waals surface area contributed by atoms with E-state index in [1.165, 1.54) is 18.2 Å². The summed E-state index contributed by atoms with van der Waals surface area (Å²) in [4.78, 5) is 10.6. The molecule has 1 aromatic carbocycles. The van der Waals surface area contributed by atoms with Crippen LogP contribution in [0.5, 0.6) is 5.75 Å². The molecule has 1 heterocycles. The Labute approximate surface area is 105 Å². The number of halogens is 1. The van der Waals surface area contributed by atoms with E-state index < -0.39 is 11.6 Å². The number of benzene rings is 1. The Hall–Kier alpha value is -1.46. The lowest BCUT2D eigenvalue weighted by molar-refractivity contribution is -0.141. The van der Waals surface area contributed by atoms with Gasteiger partial charge in [-0.3, -0.25) is 4.79 Å². The minimum atomic E-state index is -0.628. The molecule has 0 aliphatic carbocycles. The fourth-order valence-corrected chi connectivity index (χ4v) is 1.73. The first-order valence-electron chi connectivity index (χ1n) is 5.69. The van der Waals surface area contributed by atoms with Gasteiger partial charge in [-0.2, -0.15) is 0 Å². The molecule has 0 aromatic heterocycles. The summed E-state index contributed by atoms with van der Waals surface area (Å²) in [6.45, 7) is 4.20. The van der Waals surface area contributed by atoms with Gasteiger partial charge in [0.15, 0.2) is 17.4 Å². The predicted molar refractivity (Wildman–Crippen MR) is 62.2 cm³/mol. The highest BCUT2D eigenvalue weighted by Crippen LogP contribution is 2.24. The molecule has 1 atom stereocenters. The smallest absolute Gasteiger partial charge is 0.165 e. The Morgan fingerprint density at radius 3 is 2.94 bits per heavy atom. The zero-order chi connectivity index (χ0) is 13.2. The number of aldehydes is 1. The predicted octanol–water partition coefficient (Wildman–Crippen LogP) is 2.17. The molecule has 0 bridgehead atoms. The van der Waals surface area contributed by atoms with Gasteiger partial charge in [-0.1, -0.05) is 0 Å². The lowest BCUT2D eigenvalue weighted by Crippen LogP contribution is -2.25. The number of carbonyl (C=O) groups excluding carboxylic acids is 1. The molecule has 18 heavy (non-hydrogen) atoms. The van der Waals surface area contributed by atoms with Gasteiger partial charge in [0.05, 0.1) is 6.61 Å². The Morgan fingerprint density at radius 2 is 2.33 bits per heavy atom. The summed E-state index contributed by atoms with van der Waals surface area (Å²) in [5.41, 5.74) is 0.371. The average molecular weight is 254 g/mol. The maximum atomic E-state index is 13.4. The van der Waals surface area contributed by atoms with E-state index in [4.69, 9.17) is 14.2 Å². The molecule has 2 rings (SSSR count). The SMILES string of the molecule is CC1(C)OCC(COc2cc(C=O)ccc2F)O1. The Kier molecular flexibility index (Phi) is 3.63. The summed E-state index contributed by atoms with van der Waals surface area (Å²) in [6, 6.07) is 3.96. The summed E-state index contributed by atoms with van der Waals surface area (Å²) >= 11 is 0. The molecule has 1 aliphatic rings. The molecule has 98 valence electrons. The monoisotopic (exact) mass is 254 g/mol. The van der Waals surface area contributed by atoms with E-state index in [0.29, 0.717) is 18.5 Å². The van der Waals surface area contributed by atoms with Crippen molar-refractivity contribution in [1.82, 2.24) is 0 Å². The highest BCUT2D eigenvalue weighted by molar-refractivity contribution is 5.75. The Morgan fingerprint density at radius 1 is 1.56 bits per heavy atom. The van der Waals surface area contributed by atoms with E-state index in [9.17, 15) is 9.18 Å². The molecule has 0 amide bonds. The highest BCUT2D eigenvalue weighted by Gasteiger charge is 2.33. The van der Waals surface area contributed by atoms with Crippen LogP contribution in [-0.2, 0) is 9.47 Å². The third-order valence-electron chi connectivity index (χ3n) is 2.58. The quantitative estimate of drug-likeness (QED) is 0.772. The molecule has 0 saturated carbocycles. The second kappa shape index (κ2) is 5.04. The van der Waals surface area contributed by atoms with Crippen molar-refractivity contribution >= 4 is 6.29 Å². The molecule has 0 spiro atoms. The molecule has 1 unspecified atom stereocenters. The summed E-state index contributed by atoms with van der Waals surface area (Å²) in [6.07, 6.45) is 0.407. The first kappa shape index (κ1) is 13.0. The van der Waals surface area contributed by atoms with Gasteiger partial charge in [-0.25, -0.2) is 4.39 Å². The maximum absolute atomic E-state index is 13.4. The lowest BCUT2D eigenvalue weighted by Gasteiger charge is -2.17. The summed E-state index contributed by atoms with van der Waals surface area (Å²) in [5.74, 6) is -1.08. The largest absolute Gasteiger partial charge is 0.488 e. The number of carbonyl (C=O) groups is 1. The third kappa shape index (κ3) is 3.05.